The summed E-state index contributed by atoms with van der Waals surface area (Å²) in [6.45, 7) is 10.7. The molecule has 1 saturated heterocycles. The van der Waals surface area contributed by atoms with E-state index in [1.807, 2.05) is 6.92 Å². The van der Waals surface area contributed by atoms with Crippen molar-refractivity contribution in [2.75, 3.05) is 36.8 Å². The van der Waals surface area contributed by atoms with Crippen molar-refractivity contribution in [1.29, 1.82) is 0 Å². The van der Waals surface area contributed by atoms with Gasteiger partial charge in [-0.3, -0.25) is 4.90 Å². The molecule has 1 aromatic rings. The van der Waals surface area contributed by atoms with Gasteiger partial charge in [-0.1, -0.05) is 6.92 Å². The van der Waals surface area contributed by atoms with Crippen molar-refractivity contribution in [3.05, 3.63) is 11.8 Å². The van der Waals surface area contributed by atoms with Crippen LogP contribution in [0.15, 0.2) is 6.20 Å². The molecule has 1 atom stereocenters. The number of piperazine rings is 1. The lowest BCUT2D eigenvalue weighted by molar-refractivity contribution is 0.199. The maximum atomic E-state index is 5.66. The van der Waals surface area contributed by atoms with Gasteiger partial charge < -0.3 is 10.6 Å². The molecule has 0 aliphatic carbocycles. The van der Waals surface area contributed by atoms with E-state index in [1.54, 1.807) is 6.20 Å². The summed E-state index contributed by atoms with van der Waals surface area (Å²) in [6.07, 6.45) is 1.80. The Bertz CT molecular complexity index is 392. The summed E-state index contributed by atoms with van der Waals surface area (Å²) in [5, 5.41) is 0. The lowest BCUT2D eigenvalue weighted by Gasteiger charge is -2.40. The van der Waals surface area contributed by atoms with Gasteiger partial charge in [-0.25, -0.2) is 4.98 Å². The summed E-state index contributed by atoms with van der Waals surface area (Å²) in [5.74, 6) is 1.34. The lowest BCUT2D eigenvalue weighted by Crippen LogP contribution is -2.52. The molecule has 5 heteroatoms. The summed E-state index contributed by atoms with van der Waals surface area (Å²) >= 11 is 0. The van der Waals surface area contributed by atoms with Gasteiger partial charge in [-0.2, -0.15) is 4.98 Å². The Labute approximate surface area is 103 Å². The van der Waals surface area contributed by atoms with Crippen LogP contribution in [-0.4, -0.2) is 47.1 Å². The Morgan fingerprint density at radius 1 is 1.47 bits per heavy atom. The fraction of sp³-hybridized carbons (Fsp3) is 0.667. The maximum Gasteiger partial charge on any atom is 0.221 e. The molecule has 5 nitrogen and oxygen atoms in total. The minimum Gasteiger partial charge on any atom is -0.368 e. The monoisotopic (exact) mass is 235 g/mol. The minimum atomic E-state index is 0.358. The van der Waals surface area contributed by atoms with Crippen LogP contribution >= 0.6 is 0 Å². The Hall–Kier alpha value is -1.36. The number of aromatic nitrogens is 2. The highest BCUT2D eigenvalue weighted by Crippen LogP contribution is 2.20. The van der Waals surface area contributed by atoms with Gasteiger partial charge in [0.05, 0.1) is 0 Å². The topological polar surface area (TPSA) is 58.3 Å². The quantitative estimate of drug-likeness (QED) is 0.825. The number of rotatable bonds is 2. The van der Waals surface area contributed by atoms with Crippen LogP contribution in [0, 0.1) is 6.92 Å². The number of aryl methyl sites for hydroxylation is 1. The van der Waals surface area contributed by atoms with Gasteiger partial charge in [0.2, 0.25) is 5.95 Å². The Morgan fingerprint density at radius 3 is 2.88 bits per heavy atom. The van der Waals surface area contributed by atoms with Gasteiger partial charge in [0.1, 0.15) is 5.82 Å². The number of anilines is 2. The first-order valence-electron chi connectivity index (χ1n) is 6.20. The molecule has 94 valence electrons. The molecular formula is C12H21N5. The molecule has 2 rings (SSSR count). The van der Waals surface area contributed by atoms with Gasteiger partial charge in [0, 0.05) is 37.4 Å². The van der Waals surface area contributed by atoms with E-state index in [0.29, 0.717) is 12.0 Å². The predicted octanol–water partition coefficient (Wildman–Crippen LogP) is 0.898. The van der Waals surface area contributed by atoms with Crippen LogP contribution in [0.25, 0.3) is 0 Å². The Balaban J connectivity index is 2.16. The Kier molecular flexibility index (Phi) is 3.47. The van der Waals surface area contributed by atoms with Gasteiger partial charge in [0.25, 0.3) is 0 Å². The summed E-state index contributed by atoms with van der Waals surface area (Å²) < 4.78 is 0. The molecule has 0 bridgehead atoms. The van der Waals surface area contributed by atoms with Gasteiger partial charge in [-0.15, -0.1) is 0 Å². The highest BCUT2D eigenvalue weighted by molar-refractivity contribution is 5.48. The number of likely N-dealkylation sites (N-methyl/N-ethyl adjacent to an activating group) is 1. The lowest BCUT2D eigenvalue weighted by atomic mass is 10.2. The molecule has 2 heterocycles. The van der Waals surface area contributed by atoms with E-state index in [-0.39, 0.29) is 0 Å². The molecule has 2 N–H and O–H groups in total. The molecule has 0 saturated carbocycles. The van der Waals surface area contributed by atoms with Gasteiger partial charge in [-0.05, 0) is 20.4 Å². The van der Waals surface area contributed by atoms with Crippen LogP contribution in [0.3, 0.4) is 0 Å². The molecule has 1 aromatic heterocycles. The van der Waals surface area contributed by atoms with Crippen molar-refractivity contribution in [3.8, 4) is 0 Å². The molecular weight excluding hydrogens is 214 g/mol. The molecule has 1 aliphatic heterocycles. The zero-order chi connectivity index (χ0) is 12.4. The zero-order valence-corrected chi connectivity index (χ0v) is 10.8. The van der Waals surface area contributed by atoms with Crippen LogP contribution in [0.1, 0.15) is 19.4 Å². The number of nitrogen functional groups attached to an aromatic ring is 1. The molecule has 0 aromatic carbocycles. The third-order valence-electron chi connectivity index (χ3n) is 3.43. The summed E-state index contributed by atoms with van der Waals surface area (Å²) in [6, 6.07) is 0.560. The molecule has 1 aliphatic rings. The van der Waals surface area contributed by atoms with Crippen LogP contribution in [0.2, 0.25) is 0 Å². The first-order valence-corrected chi connectivity index (χ1v) is 6.20. The van der Waals surface area contributed by atoms with Crippen molar-refractivity contribution >= 4 is 11.8 Å². The third-order valence-corrected chi connectivity index (χ3v) is 3.43. The van der Waals surface area contributed by atoms with Crippen LogP contribution in [0.4, 0.5) is 11.8 Å². The normalized spacial score (nSPS) is 21.8. The number of nitrogens with zero attached hydrogens (tertiary/aromatic N) is 4. The second-order valence-corrected chi connectivity index (χ2v) is 4.66. The largest absolute Gasteiger partial charge is 0.368 e. The molecule has 0 amide bonds. The van der Waals surface area contributed by atoms with Crippen molar-refractivity contribution in [2.45, 2.75) is 26.8 Å². The SMILES string of the molecule is CCN1CCN(c2nc(N)ncc2C)CC1C. The predicted molar refractivity (Wildman–Crippen MR) is 70.1 cm³/mol. The van der Waals surface area contributed by atoms with Crippen molar-refractivity contribution < 1.29 is 0 Å². The third kappa shape index (κ3) is 2.49. The highest BCUT2D eigenvalue weighted by Gasteiger charge is 2.24. The van der Waals surface area contributed by atoms with Gasteiger partial charge >= 0.3 is 0 Å². The zero-order valence-electron chi connectivity index (χ0n) is 10.8. The summed E-state index contributed by atoms with van der Waals surface area (Å²) in [7, 11) is 0. The van der Waals surface area contributed by atoms with Crippen LogP contribution < -0.4 is 10.6 Å². The fourth-order valence-electron chi connectivity index (χ4n) is 2.42. The van der Waals surface area contributed by atoms with Crippen molar-refractivity contribution in [3.63, 3.8) is 0 Å². The first-order chi connectivity index (χ1) is 8.11. The van der Waals surface area contributed by atoms with Gasteiger partial charge in [0.15, 0.2) is 0 Å². The highest BCUT2D eigenvalue weighted by atomic mass is 15.3. The molecule has 0 spiro atoms. The number of hydrogen-bond acceptors (Lipinski definition) is 5. The molecule has 1 unspecified atom stereocenters. The molecule has 17 heavy (non-hydrogen) atoms. The van der Waals surface area contributed by atoms with E-state index >= 15 is 0 Å². The average molecular weight is 235 g/mol. The van der Waals surface area contributed by atoms with Crippen LogP contribution in [0.5, 0.6) is 0 Å². The van der Waals surface area contributed by atoms with E-state index in [0.717, 1.165) is 37.6 Å². The smallest absolute Gasteiger partial charge is 0.221 e. The molecule has 0 radical (unpaired) electrons. The number of nitrogens with two attached hydrogens (primary N) is 1. The Morgan fingerprint density at radius 2 is 2.24 bits per heavy atom. The first kappa shape index (κ1) is 12.1. The average Bonchev–Trinajstić information content (AvgIpc) is 2.32. The van der Waals surface area contributed by atoms with E-state index in [4.69, 9.17) is 5.73 Å². The molecule has 1 fully saturated rings. The number of hydrogen-bond donors (Lipinski definition) is 1. The van der Waals surface area contributed by atoms with Crippen molar-refractivity contribution in [1.82, 2.24) is 14.9 Å². The van der Waals surface area contributed by atoms with E-state index < -0.39 is 0 Å². The van der Waals surface area contributed by atoms with Crippen molar-refractivity contribution in [2.24, 2.45) is 0 Å². The fourth-order valence-corrected chi connectivity index (χ4v) is 2.42. The van der Waals surface area contributed by atoms with E-state index in [2.05, 4.69) is 33.6 Å². The summed E-state index contributed by atoms with van der Waals surface area (Å²) in [5.41, 5.74) is 6.76. The van der Waals surface area contributed by atoms with E-state index in [1.165, 1.54) is 0 Å². The second-order valence-electron chi connectivity index (χ2n) is 4.66. The maximum absolute atomic E-state index is 5.66. The van der Waals surface area contributed by atoms with E-state index in [9.17, 15) is 0 Å². The van der Waals surface area contributed by atoms with Crippen LogP contribution in [-0.2, 0) is 0 Å². The summed E-state index contributed by atoms with van der Waals surface area (Å²) in [4.78, 5) is 13.2. The minimum absolute atomic E-state index is 0.358. The second kappa shape index (κ2) is 4.87. The standard InChI is InChI=1S/C12H21N5/c1-4-16-5-6-17(8-10(16)3)11-9(2)7-14-12(13)15-11/h7,10H,4-6,8H2,1-3H3,(H2,13,14,15).